The van der Waals surface area contributed by atoms with Crippen LogP contribution >= 0.6 is 15.9 Å². The molecule has 1 fully saturated rings. The van der Waals surface area contributed by atoms with E-state index in [1.54, 1.807) is 0 Å². The van der Waals surface area contributed by atoms with E-state index in [1.807, 2.05) is 24.3 Å². The summed E-state index contributed by atoms with van der Waals surface area (Å²) in [6.07, 6.45) is 0.848. The Balaban J connectivity index is 2.19. The average Bonchev–Trinajstić information content (AvgIpc) is 2.59. The summed E-state index contributed by atoms with van der Waals surface area (Å²) in [4.78, 5) is 0. The molecule has 2 nitrogen and oxygen atoms in total. The Hall–Kier alpha value is -0.755. The third-order valence-corrected chi connectivity index (χ3v) is 4.26. The minimum Gasteiger partial charge on any atom is -0.399 e. The molecular formula is C16H20BBrO2. The second-order valence-corrected chi connectivity index (χ2v) is 6.75. The van der Waals surface area contributed by atoms with E-state index in [-0.39, 0.29) is 18.3 Å². The zero-order chi connectivity index (χ0) is 14.8. The molecule has 0 unspecified atom stereocenters. The summed E-state index contributed by atoms with van der Waals surface area (Å²) in [5, 5.41) is 0.900. The second-order valence-electron chi connectivity index (χ2n) is 5.95. The van der Waals surface area contributed by atoms with Gasteiger partial charge in [0, 0.05) is 17.3 Å². The van der Waals surface area contributed by atoms with Gasteiger partial charge in [0.1, 0.15) is 0 Å². The molecule has 0 bridgehead atoms. The van der Waals surface area contributed by atoms with Gasteiger partial charge in [-0.05, 0) is 45.3 Å². The molecule has 0 saturated carbocycles. The number of rotatable bonds is 2. The molecule has 0 amide bonds. The Kier molecular flexibility index (Phi) is 4.64. The van der Waals surface area contributed by atoms with E-state index in [1.165, 1.54) is 0 Å². The van der Waals surface area contributed by atoms with Crippen LogP contribution in [0.4, 0.5) is 0 Å². The van der Waals surface area contributed by atoms with Gasteiger partial charge in [-0.1, -0.05) is 39.9 Å². The predicted octanol–water partition coefficient (Wildman–Crippen LogP) is 3.12. The molecular weight excluding hydrogens is 315 g/mol. The Bertz CT molecular complexity index is 527. The fourth-order valence-electron chi connectivity index (χ4n) is 1.95. The topological polar surface area (TPSA) is 18.5 Å². The van der Waals surface area contributed by atoms with Crippen LogP contribution in [0.3, 0.4) is 0 Å². The summed E-state index contributed by atoms with van der Waals surface area (Å²) >= 11 is 3.37. The third-order valence-electron chi connectivity index (χ3n) is 3.86. The highest BCUT2D eigenvalue weighted by Crippen LogP contribution is 2.36. The highest BCUT2D eigenvalue weighted by atomic mass is 79.9. The van der Waals surface area contributed by atoms with Crippen LogP contribution in [0.2, 0.25) is 0 Å². The molecule has 0 spiro atoms. The fourth-order valence-corrected chi connectivity index (χ4v) is 2.15. The van der Waals surface area contributed by atoms with E-state index in [0.29, 0.717) is 0 Å². The lowest BCUT2D eigenvalue weighted by Crippen LogP contribution is -2.41. The van der Waals surface area contributed by atoms with Gasteiger partial charge in [0.15, 0.2) is 0 Å². The van der Waals surface area contributed by atoms with Crippen molar-refractivity contribution >= 4 is 28.5 Å². The molecule has 1 aliphatic rings. The van der Waals surface area contributed by atoms with Crippen molar-refractivity contribution in [2.75, 3.05) is 5.33 Å². The van der Waals surface area contributed by atoms with Crippen LogP contribution in [0.15, 0.2) is 24.3 Å². The van der Waals surface area contributed by atoms with Gasteiger partial charge in [-0.15, -0.1) is 0 Å². The van der Waals surface area contributed by atoms with E-state index in [0.717, 1.165) is 22.8 Å². The standard InChI is InChI=1S/C16H20BBrO2/c1-15(2)16(3,4)20-17(19-15)14-10-7-9-13(12-14)8-5-6-11-18/h7,9-10,12H,6,11H2,1-4H3. The van der Waals surface area contributed by atoms with Crippen molar-refractivity contribution in [1.29, 1.82) is 0 Å². The van der Waals surface area contributed by atoms with Crippen LogP contribution in [0.1, 0.15) is 39.7 Å². The Morgan fingerprint density at radius 1 is 1.15 bits per heavy atom. The van der Waals surface area contributed by atoms with Gasteiger partial charge in [0.25, 0.3) is 0 Å². The van der Waals surface area contributed by atoms with Crippen LogP contribution in [0, 0.1) is 11.8 Å². The molecule has 0 aromatic heterocycles. The first kappa shape index (κ1) is 15.6. The van der Waals surface area contributed by atoms with Crippen LogP contribution in [0.25, 0.3) is 0 Å². The Morgan fingerprint density at radius 3 is 2.40 bits per heavy atom. The number of alkyl halides is 1. The minimum absolute atomic E-state index is 0.310. The maximum Gasteiger partial charge on any atom is 0.494 e. The van der Waals surface area contributed by atoms with E-state index < -0.39 is 0 Å². The smallest absolute Gasteiger partial charge is 0.399 e. The van der Waals surface area contributed by atoms with E-state index >= 15 is 0 Å². The zero-order valence-electron chi connectivity index (χ0n) is 12.5. The van der Waals surface area contributed by atoms with Crippen molar-refractivity contribution in [1.82, 2.24) is 0 Å². The van der Waals surface area contributed by atoms with Gasteiger partial charge in [-0.3, -0.25) is 0 Å². The first-order valence-corrected chi connectivity index (χ1v) is 7.98. The van der Waals surface area contributed by atoms with Crippen LogP contribution in [-0.4, -0.2) is 23.7 Å². The maximum absolute atomic E-state index is 6.05. The Morgan fingerprint density at radius 2 is 1.80 bits per heavy atom. The number of benzene rings is 1. The molecule has 0 aliphatic carbocycles. The summed E-state index contributed by atoms with van der Waals surface area (Å²) in [5.74, 6) is 6.28. The highest BCUT2D eigenvalue weighted by molar-refractivity contribution is 9.09. The molecule has 106 valence electrons. The van der Waals surface area contributed by atoms with E-state index in [9.17, 15) is 0 Å². The van der Waals surface area contributed by atoms with Crippen molar-refractivity contribution in [3.05, 3.63) is 29.8 Å². The molecule has 0 atom stereocenters. The molecule has 1 aromatic carbocycles. The van der Waals surface area contributed by atoms with Crippen LogP contribution in [0.5, 0.6) is 0 Å². The van der Waals surface area contributed by atoms with Gasteiger partial charge in [0.05, 0.1) is 11.2 Å². The molecule has 1 aliphatic heterocycles. The fraction of sp³-hybridized carbons (Fsp3) is 0.500. The van der Waals surface area contributed by atoms with Gasteiger partial charge >= 0.3 is 7.12 Å². The van der Waals surface area contributed by atoms with Gasteiger partial charge in [0.2, 0.25) is 0 Å². The van der Waals surface area contributed by atoms with Crippen molar-refractivity contribution in [2.45, 2.75) is 45.3 Å². The lowest BCUT2D eigenvalue weighted by molar-refractivity contribution is 0.00578. The first-order chi connectivity index (χ1) is 9.36. The summed E-state index contributed by atoms with van der Waals surface area (Å²) < 4.78 is 12.1. The lowest BCUT2D eigenvalue weighted by atomic mass is 9.78. The summed E-state index contributed by atoms with van der Waals surface area (Å²) in [7, 11) is -0.321. The largest absolute Gasteiger partial charge is 0.494 e. The minimum atomic E-state index is -0.321. The van der Waals surface area contributed by atoms with Crippen LogP contribution in [-0.2, 0) is 9.31 Å². The van der Waals surface area contributed by atoms with E-state index in [2.05, 4.69) is 55.5 Å². The summed E-state index contributed by atoms with van der Waals surface area (Å²) in [5.41, 5.74) is 1.40. The quantitative estimate of drug-likeness (QED) is 0.470. The molecule has 1 aromatic rings. The summed E-state index contributed by atoms with van der Waals surface area (Å²) in [6.45, 7) is 8.25. The van der Waals surface area contributed by atoms with Crippen LogP contribution < -0.4 is 5.46 Å². The summed E-state index contributed by atoms with van der Waals surface area (Å²) in [6, 6.07) is 8.08. The van der Waals surface area contributed by atoms with Gasteiger partial charge in [-0.25, -0.2) is 0 Å². The highest BCUT2D eigenvalue weighted by Gasteiger charge is 2.51. The van der Waals surface area contributed by atoms with Crippen molar-refractivity contribution in [2.24, 2.45) is 0 Å². The van der Waals surface area contributed by atoms with Crippen molar-refractivity contribution < 1.29 is 9.31 Å². The second kappa shape index (κ2) is 5.93. The molecule has 0 N–H and O–H groups in total. The molecule has 1 saturated heterocycles. The molecule has 0 radical (unpaired) electrons. The zero-order valence-corrected chi connectivity index (χ0v) is 14.1. The first-order valence-electron chi connectivity index (χ1n) is 6.86. The lowest BCUT2D eigenvalue weighted by Gasteiger charge is -2.32. The molecule has 4 heteroatoms. The normalized spacial score (nSPS) is 19.6. The predicted molar refractivity (Wildman–Crippen MR) is 87.4 cm³/mol. The maximum atomic E-state index is 6.05. The monoisotopic (exact) mass is 334 g/mol. The third kappa shape index (κ3) is 3.28. The van der Waals surface area contributed by atoms with Gasteiger partial charge in [-0.2, -0.15) is 0 Å². The molecule has 2 rings (SSSR count). The van der Waals surface area contributed by atoms with Gasteiger partial charge < -0.3 is 9.31 Å². The SMILES string of the molecule is CC1(C)OB(c2cccc(C#CCCBr)c2)OC1(C)C. The molecule has 1 heterocycles. The number of halogens is 1. The van der Waals surface area contributed by atoms with E-state index in [4.69, 9.17) is 9.31 Å². The number of hydrogen-bond acceptors (Lipinski definition) is 2. The number of hydrogen-bond donors (Lipinski definition) is 0. The average molecular weight is 335 g/mol. The Labute approximate surface area is 130 Å². The van der Waals surface area contributed by atoms with Crippen molar-refractivity contribution in [3.8, 4) is 11.8 Å². The van der Waals surface area contributed by atoms with Crippen molar-refractivity contribution in [3.63, 3.8) is 0 Å². The molecule has 20 heavy (non-hydrogen) atoms.